The summed E-state index contributed by atoms with van der Waals surface area (Å²) in [5.74, 6) is -0.176. The fourth-order valence-electron chi connectivity index (χ4n) is 3.05. The van der Waals surface area contributed by atoms with Crippen LogP contribution < -0.4 is 4.90 Å². The molecule has 0 spiro atoms. The second-order valence-corrected chi connectivity index (χ2v) is 8.19. The smallest absolute Gasteiger partial charge is 0.286 e. The van der Waals surface area contributed by atoms with Gasteiger partial charge in [0.05, 0.1) is 4.91 Å². The Morgan fingerprint density at radius 2 is 1.41 bits per heavy atom. The maximum Gasteiger partial charge on any atom is 0.286 e. The highest BCUT2D eigenvalue weighted by Gasteiger charge is 2.28. The van der Waals surface area contributed by atoms with Crippen LogP contribution in [-0.2, 0) is 4.79 Å². The summed E-state index contributed by atoms with van der Waals surface area (Å²) in [5.41, 5.74) is 2.11. The molecule has 2 aliphatic rings. The number of hydrogen-bond donors (Lipinski definition) is 0. The van der Waals surface area contributed by atoms with Crippen molar-refractivity contribution in [2.45, 2.75) is 0 Å². The normalized spacial score (nSPS) is 19.0. The van der Waals surface area contributed by atoms with Gasteiger partial charge in [-0.3, -0.25) is 4.79 Å². The highest BCUT2D eigenvalue weighted by atomic mass is 35.5. The fourth-order valence-corrected chi connectivity index (χ4v) is 4.27. The summed E-state index contributed by atoms with van der Waals surface area (Å²) >= 11 is 13.3. The number of halogens is 2. The number of benzene rings is 2. The molecule has 0 N–H and O–H groups in total. The Hall–Kier alpha value is -1.95. The molecule has 0 aliphatic carbocycles. The predicted molar refractivity (Wildman–Crippen MR) is 115 cm³/mol. The molecule has 1 fully saturated rings. The molecule has 0 atom stereocenters. The molecule has 1 saturated heterocycles. The number of piperazine rings is 1. The molecular formula is C20H17Cl2N3OS. The van der Waals surface area contributed by atoms with Crippen molar-refractivity contribution >= 4 is 57.8 Å². The number of hydrogen-bond acceptors (Lipinski definition) is 4. The van der Waals surface area contributed by atoms with Crippen molar-refractivity contribution in [3.63, 3.8) is 0 Å². The van der Waals surface area contributed by atoms with Crippen molar-refractivity contribution in [2.24, 2.45) is 4.99 Å². The Kier molecular flexibility index (Phi) is 5.43. The Labute approximate surface area is 172 Å². The SMILES string of the molecule is O=C1N=C(N2CCN(c3ccc(Cl)cc3)CC2)SC1=Cc1ccc(Cl)cc1. The highest BCUT2D eigenvalue weighted by Crippen LogP contribution is 2.31. The Bertz CT molecular complexity index is 902. The minimum absolute atomic E-state index is 0.176. The predicted octanol–water partition coefficient (Wildman–Crippen LogP) is 4.79. The van der Waals surface area contributed by atoms with Gasteiger partial charge < -0.3 is 9.80 Å². The van der Waals surface area contributed by atoms with E-state index in [2.05, 4.69) is 14.8 Å². The lowest BCUT2D eigenvalue weighted by atomic mass is 10.2. The molecular weight excluding hydrogens is 401 g/mol. The summed E-state index contributed by atoms with van der Waals surface area (Å²) in [6.07, 6.45) is 1.86. The molecule has 2 aromatic carbocycles. The van der Waals surface area contributed by atoms with Crippen LogP contribution in [0.4, 0.5) is 5.69 Å². The van der Waals surface area contributed by atoms with E-state index in [1.54, 1.807) is 0 Å². The molecule has 138 valence electrons. The number of carbonyl (C=O) groups excluding carboxylic acids is 1. The zero-order chi connectivity index (χ0) is 18.8. The van der Waals surface area contributed by atoms with Crippen LogP contribution in [0, 0.1) is 0 Å². The number of amidine groups is 1. The summed E-state index contributed by atoms with van der Waals surface area (Å²) in [4.78, 5) is 21.7. The lowest BCUT2D eigenvalue weighted by molar-refractivity contribution is -0.113. The van der Waals surface area contributed by atoms with Crippen molar-refractivity contribution in [2.75, 3.05) is 31.1 Å². The third kappa shape index (κ3) is 4.32. The van der Waals surface area contributed by atoms with Gasteiger partial charge in [-0.25, -0.2) is 0 Å². The van der Waals surface area contributed by atoms with Gasteiger partial charge >= 0.3 is 0 Å². The second-order valence-electron chi connectivity index (χ2n) is 6.31. The van der Waals surface area contributed by atoms with Gasteiger partial charge in [-0.2, -0.15) is 4.99 Å². The molecule has 2 aliphatic heterocycles. The van der Waals surface area contributed by atoms with Gasteiger partial charge in [-0.05, 0) is 59.8 Å². The Morgan fingerprint density at radius 3 is 2.04 bits per heavy atom. The molecule has 4 nitrogen and oxygen atoms in total. The average molecular weight is 418 g/mol. The van der Waals surface area contributed by atoms with Crippen LogP contribution >= 0.6 is 35.0 Å². The Balaban J connectivity index is 1.39. The first-order valence-corrected chi connectivity index (χ1v) is 10.2. The van der Waals surface area contributed by atoms with E-state index in [4.69, 9.17) is 23.2 Å². The van der Waals surface area contributed by atoms with Gasteiger partial charge in [0.1, 0.15) is 0 Å². The summed E-state index contributed by atoms with van der Waals surface area (Å²) in [6.45, 7) is 3.42. The number of rotatable bonds is 2. The number of anilines is 1. The second kappa shape index (κ2) is 7.97. The summed E-state index contributed by atoms with van der Waals surface area (Å²) < 4.78 is 0. The van der Waals surface area contributed by atoms with Crippen LogP contribution in [0.2, 0.25) is 10.0 Å². The minimum atomic E-state index is -0.176. The number of nitrogens with zero attached hydrogens (tertiary/aromatic N) is 3. The molecule has 2 aromatic rings. The van der Waals surface area contributed by atoms with Crippen molar-refractivity contribution < 1.29 is 4.79 Å². The maximum atomic E-state index is 12.3. The van der Waals surface area contributed by atoms with Gasteiger partial charge in [0.2, 0.25) is 0 Å². The first kappa shape index (κ1) is 18.4. The molecule has 7 heteroatoms. The molecule has 0 aromatic heterocycles. The number of amides is 1. The van der Waals surface area contributed by atoms with Crippen LogP contribution in [0.15, 0.2) is 58.4 Å². The lowest BCUT2D eigenvalue weighted by Crippen LogP contribution is -2.47. The van der Waals surface area contributed by atoms with Crippen LogP contribution in [0.1, 0.15) is 5.56 Å². The molecule has 27 heavy (non-hydrogen) atoms. The van der Waals surface area contributed by atoms with E-state index >= 15 is 0 Å². The van der Waals surface area contributed by atoms with E-state index in [1.165, 1.54) is 17.4 Å². The van der Waals surface area contributed by atoms with Gasteiger partial charge in [-0.1, -0.05) is 35.3 Å². The Morgan fingerprint density at radius 1 is 0.852 bits per heavy atom. The molecule has 0 saturated carbocycles. The van der Waals surface area contributed by atoms with E-state index in [1.807, 2.05) is 54.6 Å². The largest absolute Gasteiger partial charge is 0.368 e. The topological polar surface area (TPSA) is 35.9 Å². The highest BCUT2D eigenvalue weighted by molar-refractivity contribution is 8.18. The van der Waals surface area contributed by atoms with Gasteiger partial charge in [-0.15, -0.1) is 0 Å². The summed E-state index contributed by atoms with van der Waals surface area (Å²) in [6, 6.07) is 15.3. The monoisotopic (exact) mass is 417 g/mol. The molecule has 4 rings (SSSR count). The van der Waals surface area contributed by atoms with E-state index in [-0.39, 0.29) is 5.91 Å². The zero-order valence-electron chi connectivity index (χ0n) is 14.4. The van der Waals surface area contributed by atoms with Crippen LogP contribution in [-0.4, -0.2) is 42.2 Å². The first-order chi connectivity index (χ1) is 13.1. The molecule has 1 amide bonds. The van der Waals surface area contributed by atoms with Crippen LogP contribution in [0.5, 0.6) is 0 Å². The van der Waals surface area contributed by atoms with Gasteiger partial charge in [0, 0.05) is 41.9 Å². The van der Waals surface area contributed by atoms with Crippen molar-refractivity contribution in [1.82, 2.24) is 4.90 Å². The molecule has 2 heterocycles. The number of aliphatic imine (C=N–C) groups is 1. The van der Waals surface area contributed by atoms with Crippen molar-refractivity contribution in [3.8, 4) is 0 Å². The zero-order valence-corrected chi connectivity index (χ0v) is 16.8. The molecule has 0 radical (unpaired) electrons. The van der Waals surface area contributed by atoms with Gasteiger partial charge in [0.25, 0.3) is 5.91 Å². The average Bonchev–Trinajstić information content (AvgIpc) is 3.05. The van der Waals surface area contributed by atoms with Crippen LogP contribution in [0.3, 0.4) is 0 Å². The van der Waals surface area contributed by atoms with E-state index in [0.29, 0.717) is 9.93 Å². The molecule has 0 unspecified atom stereocenters. The fraction of sp³-hybridized carbons (Fsp3) is 0.200. The standard InChI is InChI=1S/C20H17Cl2N3OS/c21-15-3-1-14(2-4-15)13-18-19(26)23-20(27-18)25-11-9-24(10-12-25)17-7-5-16(22)6-8-17/h1-8,13H,9-12H2. The minimum Gasteiger partial charge on any atom is -0.368 e. The summed E-state index contributed by atoms with van der Waals surface area (Å²) in [5, 5.41) is 2.21. The van der Waals surface area contributed by atoms with Crippen molar-refractivity contribution in [1.29, 1.82) is 0 Å². The maximum absolute atomic E-state index is 12.3. The molecule has 0 bridgehead atoms. The van der Waals surface area contributed by atoms with Crippen molar-refractivity contribution in [3.05, 3.63) is 69.0 Å². The summed E-state index contributed by atoms with van der Waals surface area (Å²) in [7, 11) is 0. The lowest BCUT2D eigenvalue weighted by Gasteiger charge is -2.36. The van der Waals surface area contributed by atoms with Gasteiger partial charge in [0.15, 0.2) is 5.17 Å². The van der Waals surface area contributed by atoms with E-state index in [9.17, 15) is 4.79 Å². The quantitative estimate of drug-likeness (QED) is 0.658. The van der Waals surface area contributed by atoms with E-state index in [0.717, 1.165) is 41.9 Å². The third-order valence-electron chi connectivity index (χ3n) is 4.52. The van der Waals surface area contributed by atoms with E-state index < -0.39 is 0 Å². The third-order valence-corrected chi connectivity index (χ3v) is 6.07. The van der Waals surface area contributed by atoms with Crippen LogP contribution in [0.25, 0.3) is 6.08 Å². The number of carbonyl (C=O) groups is 1. The number of thioether (sulfide) groups is 1. The first-order valence-electron chi connectivity index (χ1n) is 8.62.